The second-order valence-corrected chi connectivity index (χ2v) is 6.69. The molecule has 0 spiro atoms. The fourth-order valence-electron chi connectivity index (χ4n) is 3.02. The van der Waals surface area contributed by atoms with Crippen LogP contribution in [0.1, 0.15) is 72.6 Å². The molecule has 0 saturated heterocycles. The first-order valence-corrected chi connectivity index (χ1v) is 9.34. The molecular weight excluding hydrogens is 290 g/mol. The van der Waals surface area contributed by atoms with E-state index in [-0.39, 0.29) is 0 Å². The van der Waals surface area contributed by atoms with Crippen LogP contribution in [-0.4, -0.2) is 47.3 Å². The van der Waals surface area contributed by atoms with Crippen LogP contribution in [0.2, 0.25) is 0 Å². The van der Waals surface area contributed by atoms with Gasteiger partial charge in [-0.1, -0.05) is 58.6 Å². The third-order valence-corrected chi connectivity index (χ3v) is 4.71. The maximum atomic E-state index is 11.5. The Morgan fingerprint density at radius 2 is 1.61 bits per heavy atom. The fraction of sp³-hybridized carbons (Fsp3) is 0.842. The fourth-order valence-corrected chi connectivity index (χ4v) is 3.02. The van der Waals surface area contributed by atoms with Crippen molar-refractivity contribution in [2.24, 2.45) is 0 Å². The van der Waals surface area contributed by atoms with Crippen molar-refractivity contribution in [3.05, 3.63) is 12.2 Å². The molecule has 136 valence electrons. The predicted octanol–water partition coefficient (Wildman–Crippen LogP) is 2.65. The van der Waals surface area contributed by atoms with Gasteiger partial charge in [-0.15, -0.1) is 0 Å². The van der Waals surface area contributed by atoms with Crippen LogP contribution in [-0.2, 0) is 4.79 Å². The summed E-state index contributed by atoms with van der Waals surface area (Å²) in [5, 5.41) is 21.9. The van der Waals surface area contributed by atoms with Gasteiger partial charge >= 0.3 is 0 Å². The van der Waals surface area contributed by atoms with Crippen LogP contribution in [0, 0.1) is 0 Å². The number of hydrogen-bond acceptors (Lipinski definition) is 3. The van der Waals surface area contributed by atoms with E-state index in [2.05, 4.69) is 20.8 Å². The molecule has 0 heterocycles. The molecule has 0 aromatic rings. The zero-order chi connectivity index (χ0) is 17.7. The Balaban J connectivity index is 5.10. The number of hydrogen-bond donors (Lipinski definition) is 1. The molecule has 2 unspecified atom stereocenters. The molecule has 0 bridgehead atoms. The molecule has 4 nitrogen and oxygen atoms in total. The minimum absolute atomic E-state index is 0.420. The average Bonchev–Trinajstić information content (AvgIpc) is 2.53. The molecule has 0 aliphatic heterocycles. The van der Waals surface area contributed by atoms with E-state index in [0.717, 1.165) is 58.0 Å². The summed E-state index contributed by atoms with van der Waals surface area (Å²) in [6.45, 7) is 10.1. The summed E-state index contributed by atoms with van der Waals surface area (Å²) in [6, 6.07) is -0.591. The molecule has 1 N–H and O–H groups in total. The molecule has 0 amide bonds. The molecule has 0 fully saturated rings. The van der Waals surface area contributed by atoms with Gasteiger partial charge in [0, 0.05) is 0 Å². The summed E-state index contributed by atoms with van der Waals surface area (Å²) in [4.78, 5) is 11.5. The molecule has 0 rings (SSSR count). The molecule has 0 aromatic carbocycles. The molecular formula is C19H37NO3. The largest absolute Gasteiger partial charge is 0.544 e. The number of aliphatic carboxylic acids is 1. The van der Waals surface area contributed by atoms with Gasteiger partial charge in [0.25, 0.3) is 0 Å². The van der Waals surface area contributed by atoms with E-state index in [1.165, 1.54) is 0 Å². The summed E-state index contributed by atoms with van der Waals surface area (Å²) >= 11 is 0. The normalized spacial score (nSPS) is 15.0. The van der Waals surface area contributed by atoms with Crippen LogP contribution in [0.15, 0.2) is 12.2 Å². The second kappa shape index (κ2) is 12.5. The Labute approximate surface area is 142 Å². The topological polar surface area (TPSA) is 60.4 Å². The zero-order valence-corrected chi connectivity index (χ0v) is 15.6. The van der Waals surface area contributed by atoms with Gasteiger partial charge in [-0.25, -0.2) is 0 Å². The van der Waals surface area contributed by atoms with Crippen molar-refractivity contribution in [2.45, 2.75) is 84.8 Å². The number of carbonyl (C=O) groups excluding carboxylic acids is 1. The highest BCUT2D eigenvalue weighted by molar-refractivity contribution is 5.69. The maximum Gasteiger partial charge on any atom is 0.126 e. The van der Waals surface area contributed by atoms with Gasteiger partial charge in [-0.3, -0.25) is 0 Å². The number of nitrogens with zero attached hydrogens (tertiary/aromatic N) is 1. The minimum Gasteiger partial charge on any atom is -0.544 e. The van der Waals surface area contributed by atoms with Gasteiger partial charge in [-0.05, 0) is 26.2 Å². The molecule has 0 saturated carbocycles. The van der Waals surface area contributed by atoms with E-state index in [0.29, 0.717) is 11.0 Å². The van der Waals surface area contributed by atoms with E-state index >= 15 is 0 Å². The lowest BCUT2D eigenvalue weighted by Crippen LogP contribution is -2.63. The van der Waals surface area contributed by atoms with Gasteiger partial charge in [-0.2, -0.15) is 0 Å². The van der Waals surface area contributed by atoms with Crippen molar-refractivity contribution < 1.29 is 19.5 Å². The van der Waals surface area contributed by atoms with E-state index in [1.807, 2.05) is 12.2 Å². The van der Waals surface area contributed by atoms with E-state index in [4.69, 9.17) is 0 Å². The van der Waals surface area contributed by atoms with E-state index in [9.17, 15) is 15.0 Å². The molecule has 2 atom stereocenters. The molecule has 0 radical (unpaired) electrons. The van der Waals surface area contributed by atoms with Crippen molar-refractivity contribution in [3.8, 4) is 0 Å². The van der Waals surface area contributed by atoms with E-state index < -0.39 is 18.1 Å². The third-order valence-electron chi connectivity index (χ3n) is 4.71. The maximum absolute atomic E-state index is 11.5. The number of aliphatic hydroxyl groups excluding tert-OH is 1. The Morgan fingerprint density at radius 1 is 1.09 bits per heavy atom. The number of rotatable bonds is 14. The van der Waals surface area contributed by atoms with Crippen LogP contribution < -0.4 is 5.11 Å². The van der Waals surface area contributed by atoms with Crippen molar-refractivity contribution >= 4 is 5.97 Å². The summed E-state index contributed by atoms with van der Waals surface area (Å²) in [7, 11) is 0. The van der Waals surface area contributed by atoms with E-state index in [1.54, 1.807) is 6.92 Å². The number of allylic oxidation sites excluding steroid dienone is 1. The van der Waals surface area contributed by atoms with Gasteiger partial charge in [0.15, 0.2) is 0 Å². The molecule has 0 aliphatic rings. The average molecular weight is 328 g/mol. The lowest BCUT2D eigenvalue weighted by atomic mass is 10.1. The van der Waals surface area contributed by atoms with Crippen molar-refractivity contribution in [1.29, 1.82) is 0 Å². The summed E-state index contributed by atoms with van der Waals surface area (Å²) in [5.41, 5.74) is 0. The van der Waals surface area contributed by atoms with Crippen molar-refractivity contribution in [1.82, 2.24) is 0 Å². The number of carbonyl (C=O) groups is 1. The standard InChI is InChI=1S/C19H37NO3/c1-5-8-11-12-13-18(21)16-20(14-9-6-2,15-10-7-3)17(4)19(22)23/h12-13,17-18,21H,5-11,14-16H2,1-4H3/b13-12+. The van der Waals surface area contributed by atoms with Crippen LogP contribution in [0.5, 0.6) is 0 Å². The predicted molar refractivity (Wildman–Crippen MR) is 93.8 cm³/mol. The van der Waals surface area contributed by atoms with Crippen LogP contribution in [0.3, 0.4) is 0 Å². The summed E-state index contributed by atoms with van der Waals surface area (Å²) in [5.74, 6) is -1.01. The molecule has 23 heavy (non-hydrogen) atoms. The number of carboxylic acids is 1. The van der Waals surface area contributed by atoms with Crippen LogP contribution in [0.25, 0.3) is 0 Å². The smallest absolute Gasteiger partial charge is 0.126 e. The first-order chi connectivity index (χ1) is 10.9. The molecule has 0 aromatic heterocycles. The van der Waals surface area contributed by atoms with Crippen LogP contribution in [0.4, 0.5) is 0 Å². The van der Waals surface area contributed by atoms with Crippen LogP contribution >= 0.6 is 0 Å². The highest BCUT2D eigenvalue weighted by Gasteiger charge is 2.35. The monoisotopic (exact) mass is 327 g/mol. The Morgan fingerprint density at radius 3 is 2.04 bits per heavy atom. The Bertz CT molecular complexity index is 334. The lowest BCUT2D eigenvalue weighted by molar-refractivity contribution is -0.945. The number of carboxylic acid groups (broad SMARTS) is 1. The SMILES string of the molecule is CCCC/C=C/C(O)C[N+](CCCC)(CCCC)C(C)C(=O)[O-]. The number of quaternary nitrogens is 1. The number of unbranched alkanes of at least 4 members (excludes halogenated alkanes) is 4. The summed E-state index contributed by atoms with van der Waals surface area (Å²) in [6.07, 6.45) is 10.5. The van der Waals surface area contributed by atoms with Gasteiger partial charge in [0.05, 0.1) is 19.1 Å². The first kappa shape index (κ1) is 22.1. The first-order valence-electron chi connectivity index (χ1n) is 9.34. The number of aliphatic hydroxyl groups is 1. The highest BCUT2D eigenvalue weighted by Crippen LogP contribution is 2.19. The third kappa shape index (κ3) is 8.52. The second-order valence-electron chi connectivity index (χ2n) is 6.69. The quantitative estimate of drug-likeness (QED) is 0.303. The highest BCUT2D eigenvalue weighted by atomic mass is 16.4. The van der Waals surface area contributed by atoms with Gasteiger partial charge in [0.2, 0.25) is 0 Å². The van der Waals surface area contributed by atoms with Gasteiger partial charge in [0.1, 0.15) is 18.7 Å². The van der Waals surface area contributed by atoms with Crippen molar-refractivity contribution in [3.63, 3.8) is 0 Å². The lowest BCUT2D eigenvalue weighted by Gasteiger charge is -2.45. The zero-order valence-electron chi connectivity index (χ0n) is 15.6. The van der Waals surface area contributed by atoms with Crippen molar-refractivity contribution in [2.75, 3.05) is 19.6 Å². The Kier molecular flexibility index (Phi) is 12.1. The molecule has 4 heteroatoms. The minimum atomic E-state index is -1.01. The Hall–Kier alpha value is -0.870. The summed E-state index contributed by atoms with van der Waals surface area (Å²) < 4.78 is 0.420. The molecule has 0 aliphatic carbocycles. The van der Waals surface area contributed by atoms with Gasteiger partial charge < -0.3 is 19.5 Å².